The van der Waals surface area contributed by atoms with Crippen LogP contribution in [0, 0.1) is 5.92 Å². The lowest BCUT2D eigenvalue weighted by atomic mass is 9.91. The third-order valence-corrected chi connectivity index (χ3v) is 4.07. The Morgan fingerprint density at radius 3 is 2.65 bits per heavy atom. The summed E-state index contributed by atoms with van der Waals surface area (Å²) in [5, 5.41) is 13.1. The Hall–Kier alpha value is -1.10. The van der Waals surface area contributed by atoms with Gasteiger partial charge in [0.05, 0.1) is 5.60 Å². The maximum Gasteiger partial charge on any atom is 0.224 e. The van der Waals surface area contributed by atoms with E-state index in [0.717, 1.165) is 19.3 Å². The average molecular weight is 284 g/mol. The van der Waals surface area contributed by atoms with E-state index < -0.39 is 5.60 Å². The lowest BCUT2D eigenvalue weighted by molar-refractivity contribution is -0.130. The Morgan fingerprint density at radius 2 is 1.95 bits per heavy atom. The van der Waals surface area contributed by atoms with Crippen molar-refractivity contribution in [3.8, 4) is 0 Å². The van der Waals surface area contributed by atoms with Crippen molar-refractivity contribution in [2.45, 2.75) is 58.0 Å². The number of rotatable bonds is 0. The van der Waals surface area contributed by atoms with Gasteiger partial charge in [0.25, 0.3) is 0 Å². The molecule has 1 fully saturated rings. The van der Waals surface area contributed by atoms with Gasteiger partial charge in [-0.1, -0.05) is 6.92 Å². The summed E-state index contributed by atoms with van der Waals surface area (Å²) < 4.78 is 0. The molecular formula is C15H28N2O3. The zero-order chi connectivity index (χ0) is 15.2. The predicted molar refractivity (Wildman–Crippen MR) is 78.1 cm³/mol. The predicted octanol–water partition coefficient (Wildman–Crippen LogP) is 1.30. The van der Waals surface area contributed by atoms with Gasteiger partial charge < -0.3 is 15.3 Å². The Balaban J connectivity index is 2.61. The van der Waals surface area contributed by atoms with Crippen LogP contribution in [0.1, 0.15) is 52.4 Å². The van der Waals surface area contributed by atoms with Crippen LogP contribution >= 0.6 is 0 Å². The molecule has 0 aromatic heterocycles. The number of nitrogens with one attached hydrogen (secondary N) is 1. The topological polar surface area (TPSA) is 69.6 Å². The molecule has 0 saturated carbocycles. The molecule has 2 amide bonds. The molecule has 0 aromatic rings. The van der Waals surface area contributed by atoms with Gasteiger partial charge in [-0.15, -0.1) is 0 Å². The third kappa shape index (κ3) is 5.90. The smallest absolute Gasteiger partial charge is 0.224 e. The summed E-state index contributed by atoms with van der Waals surface area (Å²) in [7, 11) is 1.77. The first kappa shape index (κ1) is 17.0. The molecule has 0 unspecified atom stereocenters. The summed E-state index contributed by atoms with van der Waals surface area (Å²) in [5.74, 6) is -0.0339. The Labute approximate surface area is 121 Å². The molecule has 5 nitrogen and oxygen atoms in total. The zero-order valence-corrected chi connectivity index (χ0v) is 12.9. The largest absolute Gasteiger partial charge is 0.390 e. The van der Waals surface area contributed by atoms with Crippen molar-refractivity contribution in [2.24, 2.45) is 5.92 Å². The molecule has 5 heteroatoms. The van der Waals surface area contributed by atoms with Gasteiger partial charge in [-0.05, 0) is 39.0 Å². The van der Waals surface area contributed by atoms with Crippen LogP contribution in [0.2, 0.25) is 0 Å². The number of carbonyl (C=O) groups excluding carboxylic acids is 2. The second kappa shape index (κ2) is 7.62. The minimum absolute atomic E-state index is 0.00263. The molecule has 116 valence electrons. The van der Waals surface area contributed by atoms with Crippen molar-refractivity contribution in [1.29, 1.82) is 0 Å². The lowest BCUT2D eigenvalue weighted by Gasteiger charge is -2.26. The molecule has 0 aromatic carbocycles. The summed E-state index contributed by atoms with van der Waals surface area (Å²) >= 11 is 0. The molecule has 2 atom stereocenters. The Bertz CT molecular complexity index is 312. The van der Waals surface area contributed by atoms with E-state index in [0.29, 0.717) is 32.4 Å². The number of hydrogen-bond acceptors (Lipinski definition) is 3. The molecule has 1 rings (SSSR count). The van der Waals surface area contributed by atoms with Gasteiger partial charge in [0, 0.05) is 32.5 Å². The first-order valence-corrected chi connectivity index (χ1v) is 7.56. The highest BCUT2D eigenvalue weighted by Crippen LogP contribution is 2.22. The fourth-order valence-electron chi connectivity index (χ4n) is 2.52. The molecule has 1 heterocycles. The molecule has 0 radical (unpaired) electrons. The maximum absolute atomic E-state index is 11.8. The molecule has 1 aliphatic heterocycles. The van der Waals surface area contributed by atoms with Gasteiger partial charge in [-0.25, -0.2) is 0 Å². The van der Waals surface area contributed by atoms with Crippen molar-refractivity contribution in [3.05, 3.63) is 0 Å². The van der Waals surface area contributed by atoms with Crippen molar-refractivity contribution in [2.75, 3.05) is 20.1 Å². The van der Waals surface area contributed by atoms with Crippen LogP contribution in [-0.4, -0.2) is 47.6 Å². The first-order valence-electron chi connectivity index (χ1n) is 7.56. The number of amides is 2. The minimum Gasteiger partial charge on any atom is -0.390 e. The highest BCUT2D eigenvalue weighted by Gasteiger charge is 2.22. The fraction of sp³-hybridized carbons (Fsp3) is 0.867. The number of hydrogen-bond donors (Lipinski definition) is 2. The molecule has 20 heavy (non-hydrogen) atoms. The Kier molecular flexibility index (Phi) is 6.46. The minimum atomic E-state index is -0.704. The van der Waals surface area contributed by atoms with E-state index in [2.05, 4.69) is 5.32 Å². The van der Waals surface area contributed by atoms with Crippen LogP contribution in [0.25, 0.3) is 0 Å². The van der Waals surface area contributed by atoms with E-state index in [4.69, 9.17) is 0 Å². The van der Waals surface area contributed by atoms with Crippen molar-refractivity contribution in [3.63, 3.8) is 0 Å². The molecule has 0 spiro atoms. The first-order chi connectivity index (χ1) is 9.32. The average Bonchev–Trinajstić information content (AvgIpc) is 2.36. The van der Waals surface area contributed by atoms with Crippen LogP contribution in [0.4, 0.5) is 0 Å². The second-order valence-electron chi connectivity index (χ2n) is 6.25. The fourth-order valence-corrected chi connectivity index (χ4v) is 2.52. The standard InChI is InChI=1S/C15H28N2O3/c1-12-6-4-8-15(2,20)9-5-11-17(3)13(18)7-10-16-14(12)19/h12,20H,4-11H2,1-3H3,(H,16,19)/t12-,15+/m1/s1. The van der Waals surface area contributed by atoms with Crippen LogP contribution in [-0.2, 0) is 9.59 Å². The summed E-state index contributed by atoms with van der Waals surface area (Å²) in [5.41, 5.74) is -0.704. The molecule has 1 aliphatic rings. The van der Waals surface area contributed by atoms with E-state index >= 15 is 0 Å². The summed E-state index contributed by atoms with van der Waals surface area (Å²) in [6.45, 7) is 4.79. The van der Waals surface area contributed by atoms with E-state index in [1.54, 1.807) is 11.9 Å². The van der Waals surface area contributed by atoms with Gasteiger partial charge in [-0.2, -0.15) is 0 Å². The molecular weight excluding hydrogens is 256 g/mol. The van der Waals surface area contributed by atoms with Crippen LogP contribution in [0.3, 0.4) is 0 Å². The highest BCUT2D eigenvalue weighted by molar-refractivity contribution is 5.80. The molecule has 0 bridgehead atoms. The number of nitrogens with zero attached hydrogens (tertiary/aromatic N) is 1. The van der Waals surface area contributed by atoms with Crippen molar-refractivity contribution in [1.82, 2.24) is 10.2 Å². The van der Waals surface area contributed by atoms with Gasteiger partial charge in [-0.3, -0.25) is 9.59 Å². The second-order valence-corrected chi connectivity index (χ2v) is 6.25. The van der Waals surface area contributed by atoms with Gasteiger partial charge in [0.2, 0.25) is 11.8 Å². The molecule has 1 saturated heterocycles. The van der Waals surface area contributed by atoms with Gasteiger partial charge in [0.15, 0.2) is 0 Å². The number of aliphatic hydroxyl groups is 1. The Morgan fingerprint density at radius 1 is 1.30 bits per heavy atom. The van der Waals surface area contributed by atoms with Crippen molar-refractivity contribution >= 4 is 11.8 Å². The monoisotopic (exact) mass is 284 g/mol. The van der Waals surface area contributed by atoms with Crippen LogP contribution in [0.15, 0.2) is 0 Å². The van der Waals surface area contributed by atoms with Crippen LogP contribution < -0.4 is 5.32 Å². The maximum atomic E-state index is 11.8. The van der Waals surface area contributed by atoms with Gasteiger partial charge >= 0.3 is 0 Å². The van der Waals surface area contributed by atoms with E-state index in [9.17, 15) is 14.7 Å². The normalized spacial score (nSPS) is 31.6. The van der Waals surface area contributed by atoms with Gasteiger partial charge in [0.1, 0.15) is 0 Å². The van der Waals surface area contributed by atoms with Crippen LogP contribution in [0.5, 0.6) is 0 Å². The van der Waals surface area contributed by atoms with Crippen molar-refractivity contribution < 1.29 is 14.7 Å². The third-order valence-electron chi connectivity index (χ3n) is 4.07. The molecule has 2 N–H and O–H groups in total. The number of carbonyl (C=O) groups is 2. The summed E-state index contributed by atoms with van der Waals surface area (Å²) in [6.07, 6.45) is 4.14. The molecule has 0 aliphatic carbocycles. The highest BCUT2D eigenvalue weighted by atomic mass is 16.3. The zero-order valence-electron chi connectivity index (χ0n) is 12.9. The quantitative estimate of drug-likeness (QED) is 0.704. The van der Waals surface area contributed by atoms with E-state index in [1.165, 1.54) is 0 Å². The van der Waals surface area contributed by atoms with E-state index in [-0.39, 0.29) is 17.7 Å². The SMILES string of the molecule is C[C@@H]1CCC[C@](C)(O)CCCN(C)C(=O)CCNC1=O. The summed E-state index contributed by atoms with van der Waals surface area (Å²) in [6, 6.07) is 0. The summed E-state index contributed by atoms with van der Waals surface area (Å²) in [4.78, 5) is 25.4. The lowest BCUT2D eigenvalue weighted by Crippen LogP contribution is -2.36. The van der Waals surface area contributed by atoms with E-state index in [1.807, 2.05) is 13.8 Å².